The number of aldehydes is 1. The lowest BCUT2D eigenvalue weighted by Gasteiger charge is -2.35. The van der Waals surface area contributed by atoms with Gasteiger partial charge in [0.15, 0.2) is 0 Å². The van der Waals surface area contributed by atoms with Gasteiger partial charge < -0.3 is 9.53 Å². The molecule has 92 valence electrons. The molecule has 0 saturated carbocycles. The van der Waals surface area contributed by atoms with Crippen LogP contribution >= 0.6 is 11.8 Å². The summed E-state index contributed by atoms with van der Waals surface area (Å²) in [5, 5.41) is 0. The monoisotopic (exact) mass is 250 g/mol. The Morgan fingerprint density at radius 2 is 2.35 bits per heavy atom. The van der Waals surface area contributed by atoms with Crippen molar-refractivity contribution in [2.24, 2.45) is 0 Å². The summed E-state index contributed by atoms with van der Waals surface area (Å²) in [5.41, 5.74) is 1.35. The van der Waals surface area contributed by atoms with Crippen LogP contribution < -0.4 is 4.74 Å². The molecular weight excluding hydrogens is 232 g/mol. The van der Waals surface area contributed by atoms with E-state index in [0.717, 1.165) is 31.5 Å². The molecule has 1 heterocycles. The Bertz CT molecular complexity index is 417. The van der Waals surface area contributed by atoms with E-state index >= 15 is 0 Å². The van der Waals surface area contributed by atoms with E-state index in [1.165, 1.54) is 10.5 Å². The minimum absolute atomic E-state index is 0.0836. The zero-order valence-corrected chi connectivity index (χ0v) is 11.2. The van der Waals surface area contributed by atoms with Gasteiger partial charge in [0.05, 0.1) is 6.61 Å². The predicted molar refractivity (Wildman–Crippen MR) is 71.0 cm³/mol. The summed E-state index contributed by atoms with van der Waals surface area (Å²) < 4.78 is 5.70. The van der Waals surface area contributed by atoms with E-state index in [4.69, 9.17) is 4.74 Å². The Hall–Kier alpha value is -0.960. The highest BCUT2D eigenvalue weighted by Gasteiger charge is 2.32. The van der Waals surface area contributed by atoms with Gasteiger partial charge in [-0.15, -0.1) is 11.8 Å². The average Bonchev–Trinajstić information content (AvgIpc) is 2.37. The first-order valence-corrected chi connectivity index (χ1v) is 7.17. The van der Waals surface area contributed by atoms with E-state index in [9.17, 15) is 4.79 Å². The van der Waals surface area contributed by atoms with Crippen molar-refractivity contribution in [2.45, 2.75) is 36.5 Å². The summed E-state index contributed by atoms with van der Waals surface area (Å²) >= 11 is 1.74. The van der Waals surface area contributed by atoms with Crippen LogP contribution in [0.25, 0.3) is 0 Å². The molecule has 1 aliphatic rings. The SMILES string of the molecule is CSc1ccc2c(c1)C(C)(CCC=O)CCO2. The molecule has 0 bridgehead atoms. The van der Waals surface area contributed by atoms with Gasteiger partial charge in [0.25, 0.3) is 0 Å². The van der Waals surface area contributed by atoms with Gasteiger partial charge in [0, 0.05) is 16.9 Å². The van der Waals surface area contributed by atoms with Crippen LogP contribution in [0.4, 0.5) is 0 Å². The zero-order valence-electron chi connectivity index (χ0n) is 10.4. The third-order valence-corrected chi connectivity index (χ3v) is 4.29. The highest BCUT2D eigenvalue weighted by atomic mass is 32.2. The van der Waals surface area contributed by atoms with Gasteiger partial charge in [-0.2, -0.15) is 0 Å². The van der Waals surface area contributed by atoms with Crippen molar-refractivity contribution in [2.75, 3.05) is 12.9 Å². The van der Waals surface area contributed by atoms with Crippen LogP contribution in [0, 0.1) is 0 Å². The molecule has 0 aromatic heterocycles. The molecule has 1 aliphatic heterocycles. The van der Waals surface area contributed by atoms with Gasteiger partial charge in [0.1, 0.15) is 12.0 Å². The molecule has 0 fully saturated rings. The summed E-state index contributed by atoms with van der Waals surface area (Å²) in [5.74, 6) is 0.988. The molecule has 2 nitrogen and oxygen atoms in total. The summed E-state index contributed by atoms with van der Waals surface area (Å²) in [6, 6.07) is 6.36. The van der Waals surface area contributed by atoms with Crippen molar-refractivity contribution in [3.05, 3.63) is 23.8 Å². The topological polar surface area (TPSA) is 26.3 Å². The third-order valence-electron chi connectivity index (χ3n) is 3.56. The van der Waals surface area contributed by atoms with E-state index in [1.807, 2.05) is 0 Å². The Morgan fingerprint density at radius 1 is 1.53 bits per heavy atom. The van der Waals surface area contributed by atoms with Crippen molar-refractivity contribution in [3.8, 4) is 5.75 Å². The van der Waals surface area contributed by atoms with Crippen LogP contribution in [0.1, 0.15) is 31.7 Å². The second kappa shape index (κ2) is 5.13. The average molecular weight is 250 g/mol. The third kappa shape index (κ3) is 2.49. The molecule has 17 heavy (non-hydrogen) atoms. The number of carbonyl (C=O) groups excluding carboxylic acids is 1. The number of hydrogen-bond acceptors (Lipinski definition) is 3. The van der Waals surface area contributed by atoms with Gasteiger partial charge in [-0.05, 0) is 42.7 Å². The molecule has 1 aromatic rings. The van der Waals surface area contributed by atoms with Crippen LogP contribution in [0.15, 0.2) is 23.1 Å². The molecule has 0 amide bonds. The summed E-state index contributed by atoms with van der Waals surface area (Å²) in [4.78, 5) is 11.8. The highest BCUT2D eigenvalue weighted by Crippen LogP contribution is 2.42. The number of ether oxygens (including phenoxy) is 1. The fourth-order valence-electron chi connectivity index (χ4n) is 2.39. The van der Waals surface area contributed by atoms with Crippen molar-refractivity contribution in [1.82, 2.24) is 0 Å². The van der Waals surface area contributed by atoms with E-state index in [1.54, 1.807) is 11.8 Å². The molecule has 0 aliphatic carbocycles. The van der Waals surface area contributed by atoms with Gasteiger partial charge >= 0.3 is 0 Å². The number of fused-ring (bicyclic) bond motifs is 1. The molecule has 0 radical (unpaired) electrons. The van der Waals surface area contributed by atoms with E-state index in [-0.39, 0.29) is 5.41 Å². The molecule has 1 unspecified atom stereocenters. The fourth-order valence-corrected chi connectivity index (χ4v) is 2.83. The summed E-state index contributed by atoms with van der Waals surface area (Å²) in [6.45, 7) is 2.99. The smallest absolute Gasteiger partial charge is 0.123 e. The van der Waals surface area contributed by atoms with Crippen LogP contribution in [-0.2, 0) is 10.2 Å². The first kappa shape index (κ1) is 12.5. The second-order valence-electron chi connectivity index (χ2n) is 4.73. The van der Waals surface area contributed by atoms with Crippen LogP contribution in [0.2, 0.25) is 0 Å². The van der Waals surface area contributed by atoms with Gasteiger partial charge in [0.2, 0.25) is 0 Å². The zero-order chi connectivity index (χ0) is 12.3. The first-order valence-electron chi connectivity index (χ1n) is 5.94. The minimum Gasteiger partial charge on any atom is -0.493 e. The molecule has 1 aromatic carbocycles. The Balaban J connectivity index is 2.37. The van der Waals surface area contributed by atoms with Crippen molar-refractivity contribution >= 4 is 18.0 Å². The molecule has 3 heteroatoms. The normalized spacial score (nSPS) is 22.7. The highest BCUT2D eigenvalue weighted by molar-refractivity contribution is 7.98. The van der Waals surface area contributed by atoms with Crippen molar-refractivity contribution < 1.29 is 9.53 Å². The van der Waals surface area contributed by atoms with Crippen LogP contribution in [0.5, 0.6) is 5.75 Å². The maximum Gasteiger partial charge on any atom is 0.123 e. The lowest BCUT2D eigenvalue weighted by molar-refractivity contribution is -0.108. The maximum atomic E-state index is 10.6. The number of carbonyl (C=O) groups is 1. The Kier molecular flexibility index (Phi) is 3.77. The van der Waals surface area contributed by atoms with Gasteiger partial charge in [-0.25, -0.2) is 0 Å². The lowest BCUT2D eigenvalue weighted by Crippen LogP contribution is -2.30. The van der Waals surface area contributed by atoms with E-state index in [0.29, 0.717) is 6.42 Å². The van der Waals surface area contributed by atoms with Crippen molar-refractivity contribution in [1.29, 1.82) is 0 Å². The van der Waals surface area contributed by atoms with E-state index < -0.39 is 0 Å². The number of benzene rings is 1. The number of hydrogen-bond donors (Lipinski definition) is 0. The Labute approximate surface area is 107 Å². The summed E-state index contributed by atoms with van der Waals surface area (Å²) in [7, 11) is 0. The lowest BCUT2D eigenvalue weighted by atomic mass is 9.74. The molecule has 1 atom stereocenters. The minimum atomic E-state index is 0.0836. The molecule has 0 N–H and O–H groups in total. The molecule has 2 rings (SSSR count). The quantitative estimate of drug-likeness (QED) is 0.605. The fraction of sp³-hybridized carbons (Fsp3) is 0.500. The van der Waals surface area contributed by atoms with E-state index in [2.05, 4.69) is 31.4 Å². The maximum absolute atomic E-state index is 10.6. The summed E-state index contributed by atoms with van der Waals surface area (Å²) in [6.07, 6.45) is 5.61. The van der Waals surface area contributed by atoms with Crippen LogP contribution in [0.3, 0.4) is 0 Å². The standard InChI is InChI=1S/C14H18O2S/c1-14(6-3-8-15)7-9-16-13-5-4-11(17-2)10-12(13)14/h4-5,8,10H,3,6-7,9H2,1-2H3. The first-order chi connectivity index (χ1) is 8.19. The number of thioether (sulfide) groups is 1. The largest absolute Gasteiger partial charge is 0.493 e. The predicted octanol–water partition coefficient (Wildman–Crippen LogP) is 3.43. The Morgan fingerprint density at radius 3 is 3.06 bits per heavy atom. The van der Waals surface area contributed by atoms with Gasteiger partial charge in [-0.3, -0.25) is 0 Å². The molecular formula is C14H18O2S. The van der Waals surface area contributed by atoms with Crippen molar-refractivity contribution in [3.63, 3.8) is 0 Å². The second-order valence-corrected chi connectivity index (χ2v) is 5.61. The number of rotatable bonds is 4. The molecule has 0 saturated heterocycles. The van der Waals surface area contributed by atoms with Gasteiger partial charge in [-0.1, -0.05) is 6.92 Å². The van der Waals surface area contributed by atoms with Crippen LogP contribution in [-0.4, -0.2) is 19.1 Å². The molecule has 0 spiro atoms.